The number of hydrogen-bond acceptors (Lipinski definition) is 5. The van der Waals surface area contributed by atoms with E-state index in [2.05, 4.69) is 20.1 Å². The van der Waals surface area contributed by atoms with E-state index in [1.165, 1.54) is 0 Å². The summed E-state index contributed by atoms with van der Waals surface area (Å²) < 4.78 is 7.02. The van der Waals surface area contributed by atoms with E-state index in [-0.39, 0.29) is 6.01 Å². The summed E-state index contributed by atoms with van der Waals surface area (Å²) in [6.07, 6.45) is 2.24. The summed E-state index contributed by atoms with van der Waals surface area (Å²) in [7, 11) is 1.76. The smallest absolute Gasteiger partial charge is 0.342 e. The minimum absolute atomic E-state index is 0.243. The average Bonchev–Trinajstić information content (AvgIpc) is 2.70. The Morgan fingerprint density at radius 1 is 1.41 bits per heavy atom. The van der Waals surface area contributed by atoms with Gasteiger partial charge in [-0.3, -0.25) is 4.68 Å². The maximum Gasteiger partial charge on any atom is 0.342 e. The number of rotatable bonds is 3. The van der Waals surface area contributed by atoms with E-state index in [9.17, 15) is 0 Å². The molecule has 0 saturated heterocycles. The van der Waals surface area contributed by atoms with Crippen molar-refractivity contribution in [2.45, 2.75) is 20.3 Å². The van der Waals surface area contributed by atoms with Crippen molar-refractivity contribution in [1.29, 1.82) is 0 Å². The summed E-state index contributed by atoms with van der Waals surface area (Å²) >= 11 is 5.99. The SMILES string of the molecule is CCc1nc(Cl)c(C)c(Oc2ncn(C)n2)n1. The highest BCUT2D eigenvalue weighted by Crippen LogP contribution is 2.24. The van der Waals surface area contributed by atoms with Crippen molar-refractivity contribution in [3.63, 3.8) is 0 Å². The van der Waals surface area contributed by atoms with Crippen LogP contribution in [0.25, 0.3) is 0 Å². The molecule has 0 atom stereocenters. The highest BCUT2D eigenvalue weighted by Gasteiger charge is 2.12. The molecule has 0 bridgehead atoms. The lowest BCUT2D eigenvalue weighted by Crippen LogP contribution is -2.01. The molecule has 2 heterocycles. The Balaban J connectivity index is 2.34. The summed E-state index contributed by atoms with van der Waals surface area (Å²) in [6, 6.07) is 0.243. The van der Waals surface area contributed by atoms with Crippen LogP contribution in [0.1, 0.15) is 18.3 Å². The number of hydrogen-bond donors (Lipinski definition) is 0. The second kappa shape index (κ2) is 4.67. The first-order chi connectivity index (χ1) is 8.10. The Kier molecular flexibility index (Phi) is 3.23. The second-order valence-corrected chi connectivity index (χ2v) is 3.88. The largest absolute Gasteiger partial charge is 0.404 e. The van der Waals surface area contributed by atoms with E-state index in [1.54, 1.807) is 25.0 Å². The lowest BCUT2D eigenvalue weighted by molar-refractivity contribution is 0.416. The number of nitrogens with zero attached hydrogens (tertiary/aromatic N) is 5. The van der Waals surface area contributed by atoms with Gasteiger partial charge >= 0.3 is 6.01 Å². The van der Waals surface area contributed by atoms with Crippen LogP contribution in [0.5, 0.6) is 11.9 Å². The van der Waals surface area contributed by atoms with Gasteiger partial charge in [-0.2, -0.15) is 9.97 Å². The van der Waals surface area contributed by atoms with Gasteiger partial charge in [0.25, 0.3) is 0 Å². The molecule has 90 valence electrons. The molecule has 6 nitrogen and oxygen atoms in total. The van der Waals surface area contributed by atoms with E-state index in [0.717, 1.165) is 0 Å². The van der Waals surface area contributed by atoms with E-state index in [4.69, 9.17) is 16.3 Å². The highest BCUT2D eigenvalue weighted by atomic mass is 35.5. The predicted molar refractivity (Wildman–Crippen MR) is 62.2 cm³/mol. The van der Waals surface area contributed by atoms with Gasteiger partial charge in [0.15, 0.2) is 0 Å². The van der Waals surface area contributed by atoms with E-state index >= 15 is 0 Å². The zero-order chi connectivity index (χ0) is 12.4. The van der Waals surface area contributed by atoms with Crippen LogP contribution in [0.2, 0.25) is 5.15 Å². The monoisotopic (exact) mass is 253 g/mol. The summed E-state index contributed by atoms with van der Waals surface area (Å²) in [4.78, 5) is 12.3. The number of aryl methyl sites for hydroxylation is 2. The van der Waals surface area contributed by atoms with Crippen LogP contribution in [-0.4, -0.2) is 24.7 Å². The van der Waals surface area contributed by atoms with Crippen LogP contribution in [0.4, 0.5) is 0 Å². The van der Waals surface area contributed by atoms with Gasteiger partial charge in [0.05, 0.1) is 0 Å². The second-order valence-electron chi connectivity index (χ2n) is 3.52. The van der Waals surface area contributed by atoms with Crippen molar-refractivity contribution in [1.82, 2.24) is 24.7 Å². The molecular weight excluding hydrogens is 242 g/mol. The average molecular weight is 254 g/mol. The zero-order valence-corrected chi connectivity index (χ0v) is 10.6. The summed E-state index contributed by atoms with van der Waals surface area (Å²) in [6.45, 7) is 3.74. The third kappa shape index (κ3) is 2.52. The molecule has 0 radical (unpaired) electrons. The molecule has 0 amide bonds. The number of halogens is 1. The van der Waals surface area contributed by atoms with Gasteiger partial charge in [0, 0.05) is 19.0 Å². The van der Waals surface area contributed by atoms with Crippen molar-refractivity contribution in [3.05, 3.63) is 22.9 Å². The Morgan fingerprint density at radius 2 is 2.18 bits per heavy atom. The van der Waals surface area contributed by atoms with Crippen LogP contribution < -0.4 is 4.74 Å². The van der Waals surface area contributed by atoms with Crippen LogP contribution in [0, 0.1) is 6.92 Å². The molecule has 0 unspecified atom stereocenters. The molecule has 0 saturated carbocycles. The van der Waals surface area contributed by atoms with E-state index in [1.807, 2.05) is 6.92 Å². The Morgan fingerprint density at radius 3 is 2.76 bits per heavy atom. The van der Waals surface area contributed by atoms with Gasteiger partial charge in [0.1, 0.15) is 17.3 Å². The van der Waals surface area contributed by atoms with Crippen molar-refractivity contribution in [2.24, 2.45) is 7.05 Å². The van der Waals surface area contributed by atoms with Crippen LogP contribution in [0.15, 0.2) is 6.33 Å². The molecule has 0 aliphatic rings. The zero-order valence-electron chi connectivity index (χ0n) is 9.81. The number of ether oxygens (including phenoxy) is 1. The third-order valence-electron chi connectivity index (χ3n) is 2.17. The highest BCUT2D eigenvalue weighted by molar-refractivity contribution is 6.30. The van der Waals surface area contributed by atoms with E-state index in [0.29, 0.717) is 28.8 Å². The molecule has 7 heteroatoms. The molecular formula is C10H12ClN5O. The maximum atomic E-state index is 5.99. The molecule has 2 rings (SSSR count). The van der Waals surface area contributed by atoms with Crippen molar-refractivity contribution >= 4 is 11.6 Å². The molecule has 0 aliphatic heterocycles. The molecule has 0 aromatic carbocycles. The molecule has 0 spiro atoms. The summed E-state index contributed by atoms with van der Waals surface area (Å²) in [5, 5.41) is 4.40. The van der Waals surface area contributed by atoms with Crippen molar-refractivity contribution < 1.29 is 4.74 Å². The van der Waals surface area contributed by atoms with Crippen LogP contribution in [0.3, 0.4) is 0 Å². The fourth-order valence-electron chi connectivity index (χ4n) is 1.22. The van der Waals surface area contributed by atoms with Gasteiger partial charge in [-0.05, 0) is 6.92 Å². The van der Waals surface area contributed by atoms with Crippen LogP contribution >= 0.6 is 11.6 Å². The van der Waals surface area contributed by atoms with Gasteiger partial charge in [-0.15, -0.1) is 5.10 Å². The Labute approximate surface area is 104 Å². The molecule has 0 fully saturated rings. The summed E-state index contributed by atoms with van der Waals surface area (Å²) in [5.41, 5.74) is 0.677. The Bertz CT molecular complexity index is 539. The minimum atomic E-state index is 0.243. The standard InChI is InChI=1S/C10H12ClN5O/c1-4-7-13-8(11)6(2)9(14-7)17-10-12-5-16(3)15-10/h5H,4H2,1-3H3. The van der Waals surface area contributed by atoms with Gasteiger partial charge < -0.3 is 4.74 Å². The minimum Gasteiger partial charge on any atom is -0.404 e. The molecule has 2 aromatic rings. The van der Waals surface area contributed by atoms with Crippen molar-refractivity contribution in [2.75, 3.05) is 0 Å². The van der Waals surface area contributed by atoms with Gasteiger partial charge in [-0.25, -0.2) is 4.98 Å². The normalized spacial score (nSPS) is 10.6. The van der Waals surface area contributed by atoms with Crippen molar-refractivity contribution in [3.8, 4) is 11.9 Å². The lowest BCUT2D eigenvalue weighted by atomic mass is 10.3. The van der Waals surface area contributed by atoms with Crippen LogP contribution in [-0.2, 0) is 13.5 Å². The van der Waals surface area contributed by atoms with Gasteiger partial charge in [-0.1, -0.05) is 18.5 Å². The first kappa shape index (κ1) is 11.8. The van der Waals surface area contributed by atoms with E-state index < -0.39 is 0 Å². The molecule has 0 aliphatic carbocycles. The van der Waals surface area contributed by atoms with Gasteiger partial charge in [0.2, 0.25) is 5.88 Å². The predicted octanol–water partition coefficient (Wildman–Crippen LogP) is 1.92. The first-order valence-electron chi connectivity index (χ1n) is 5.16. The molecule has 0 N–H and O–H groups in total. The molecule has 17 heavy (non-hydrogen) atoms. The fraction of sp³-hybridized carbons (Fsp3) is 0.400. The maximum absolute atomic E-state index is 5.99. The topological polar surface area (TPSA) is 65.7 Å². The first-order valence-corrected chi connectivity index (χ1v) is 5.54. The lowest BCUT2D eigenvalue weighted by Gasteiger charge is -2.06. The fourth-order valence-corrected chi connectivity index (χ4v) is 1.40. The third-order valence-corrected chi connectivity index (χ3v) is 2.54. The number of aromatic nitrogens is 5. The summed E-state index contributed by atoms with van der Waals surface area (Å²) in [5.74, 6) is 1.03. The molecule has 2 aromatic heterocycles. The Hall–Kier alpha value is -1.69. The quantitative estimate of drug-likeness (QED) is 0.782.